The van der Waals surface area contributed by atoms with Crippen molar-refractivity contribution in [3.8, 4) is 0 Å². The molecule has 1 aromatic rings. The second-order valence-electron chi connectivity index (χ2n) is 5.70. The van der Waals surface area contributed by atoms with E-state index in [1.54, 1.807) is 0 Å². The highest BCUT2D eigenvalue weighted by molar-refractivity contribution is 8.08. The van der Waals surface area contributed by atoms with Crippen LogP contribution in [0.5, 0.6) is 0 Å². The van der Waals surface area contributed by atoms with Gasteiger partial charge in [0.05, 0.1) is 0 Å². The molecule has 3 rings (SSSR count). The minimum Gasteiger partial charge on any atom is -0.373 e. The predicted molar refractivity (Wildman–Crippen MR) is 90.7 cm³/mol. The summed E-state index contributed by atoms with van der Waals surface area (Å²) in [6.07, 6.45) is -2.14. The third-order valence-corrected chi connectivity index (χ3v) is 5.37. The van der Waals surface area contributed by atoms with Crippen LogP contribution in [0.3, 0.4) is 0 Å². The summed E-state index contributed by atoms with van der Waals surface area (Å²) in [5.74, 6) is 0.626. The molecule has 0 aromatic carbocycles. The fourth-order valence-corrected chi connectivity index (χ4v) is 4.89. The van der Waals surface area contributed by atoms with Gasteiger partial charge in [-0.3, -0.25) is 24.4 Å². The molecule has 1 saturated carbocycles. The second kappa shape index (κ2) is 6.28. The van der Waals surface area contributed by atoms with Crippen LogP contribution < -0.4 is 16.8 Å². The standard InChI is InChI=1S/C11H15N3O9P2S/c1-21-8-9(14-3-2-6(15)13-10(14)16)22-7-5(4-24(17,18)19)11(7,8)23-25(12,20)26/h2-4,7-9H,1H3,(H3,12,20,26)(H,13,15,16)(H2,17,18,19)/b5-4-/t7-,8+,9-,11-,25?/m1/s1. The number of hydrogen-bond acceptors (Lipinski definition) is 7. The number of ether oxygens (including phenoxy) is 2. The molecule has 26 heavy (non-hydrogen) atoms. The van der Waals surface area contributed by atoms with Gasteiger partial charge in [0.1, 0.15) is 12.2 Å². The first-order valence-corrected chi connectivity index (χ1v) is 11.4. The second-order valence-corrected chi connectivity index (χ2v) is 10.0. The molecule has 2 fully saturated rings. The maximum Gasteiger partial charge on any atom is 0.349 e. The first-order valence-electron chi connectivity index (χ1n) is 6.99. The number of fused-ring (bicyclic) bond motifs is 1. The van der Waals surface area contributed by atoms with Crippen molar-refractivity contribution in [3.05, 3.63) is 44.5 Å². The van der Waals surface area contributed by atoms with E-state index in [1.165, 1.54) is 13.3 Å². The summed E-state index contributed by atoms with van der Waals surface area (Å²) in [5, 5.41) is 0. The molecule has 144 valence electrons. The molecule has 15 heteroatoms. The average Bonchev–Trinajstić information content (AvgIpc) is 2.86. The number of nitrogens with two attached hydrogens (primary N) is 1. The topological polar surface area (TPSA) is 186 Å². The molecule has 0 amide bonds. The number of rotatable bonds is 5. The van der Waals surface area contributed by atoms with Gasteiger partial charge in [0, 0.05) is 30.8 Å². The van der Waals surface area contributed by atoms with E-state index in [0.717, 1.165) is 10.6 Å². The van der Waals surface area contributed by atoms with E-state index in [0.29, 0.717) is 5.82 Å². The lowest BCUT2D eigenvalue weighted by atomic mass is 10.1. The molecule has 1 aromatic heterocycles. The zero-order chi connectivity index (χ0) is 19.5. The van der Waals surface area contributed by atoms with Gasteiger partial charge < -0.3 is 28.7 Å². The summed E-state index contributed by atoms with van der Waals surface area (Å²) in [6, 6.07) is 1.08. The van der Waals surface area contributed by atoms with Crippen LogP contribution in [0.1, 0.15) is 6.23 Å². The average molecular weight is 427 g/mol. The molecule has 2 aliphatic rings. The quantitative estimate of drug-likeness (QED) is 0.343. The van der Waals surface area contributed by atoms with Gasteiger partial charge in [-0.25, -0.2) is 4.79 Å². The molecule has 1 aliphatic carbocycles. The van der Waals surface area contributed by atoms with E-state index >= 15 is 0 Å². The van der Waals surface area contributed by atoms with E-state index in [1.807, 2.05) is 4.98 Å². The highest BCUT2D eigenvalue weighted by Gasteiger charge is 2.77. The van der Waals surface area contributed by atoms with Crippen molar-refractivity contribution in [1.29, 1.82) is 0 Å². The molecule has 1 saturated heterocycles. The Morgan fingerprint density at radius 3 is 2.62 bits per heavy atom. The minimum atomic E-state index is -4.60. The van der Waals surface area contributed by atoms with Crippen molar-refractivity contribution in [1.82, 2.24) is 9.55 Å². The predicted octanol–water partition coefficient (Wildman–Crippen LogP) is -1.54. The van der Waals surface area contributed by atoms with Crippen molar-refractivity contribution < 1.29 is 33.2 Å². The smallest absolute Gasteiger partial charge is 0.349 e. The Balaban J connectivity index is 2.08. The summed E-state index contributed by atoms with van der Waals surface area (Å²) in [4.78, 5) is 53.4. The van der Waals surface area contributed by atoms with E-state index in [4.69, 9.17) is 19.5 Å². The van der Waals surface area contributed by atoms with Crippen LogP contribution in [0.2, 0.25) is 0 Å². The molecule has 6 N–H and O–H groups in total. The van der Waals surface area contributed by atoms with Crippen molar-refractivity contribution >= 4 is 26.0 Å². The fraction of sp³-hybridized carbons (Fsp3) is 0.455. The van der Waals surface area contributed by atoms with Gasteiger partial charge in [-0.05, 0) is 11.8 Å². The van der Waals surface area contributed by atoms with Crippen LogP contribution in [-0.2, 0) is 30.4 Å². The Morgan fingerprint density at radius 2 is 2.12 bits per heavy atom. The highest BCUT2D eigenvalue weighted by Crippen LogP contribution is 2.67. The van der Waals surface area contributed by atoms with Crippen molar-refractivity contribution in [2.24, 2.45) is 5.50 Å². The van der Waals surface area contributed by atoms with Gasteiger partial charge in [-0.2, -0.15) is 0 Å². The monoisotopic (exact) mass is 427 g/mol. The maximum absolute atomic E-state index is 12.0. The Morgan fingerprint density at radius 1 is 1.46 bits per heavy atom. The lowest BCUT2D eigenvalue weighted by Crippen LogP contribution is -2.42. The third kappa shape index (κ3) is 3.43. The molecule has 5 atom stereocenters. The molecule has 1 unspecified atom stereocenters. The van der Waals surface area contributed by atoms with Crippen LogP contribution >= 0.6 is 14.2 Å². The van der Waals surface area contributed by atoms with Gasteiger partial charge >= 0.3 is 13.3 Å². The zero-order valence-electron chi connectivity index (χ0n) is 13.1. The summed E-state index contributed by atoms with van der Waals surface area (Å²) in [6.45, 7) is -3.80. The number of H-pyrrole nitrogens is 1. The molecule has 0 bridgehead atoms. The maximum atomic E-state index is 12.0. The largest absolute Gasteiger partial charge is 0.373 e. The van der Waals surface area contributed by atoms with Gasteiger partial charge in [0.2, 0.25) is 0 Å². The van der Waals surface area contributed by atoms with Crippen molar-refractivity contribution in [3.63, 3.8) is 0 Å². The van der Waals surface area contributed by atoms with Crippen LogP contribution in [0.25, 0.3) is 0 Å². The van der Waals surface area contributed by atoms with Crippen LogP contribution in [-0.4, -0.2) is 49.2 Å². The van der Waals surface area contributed by atoms with E-state index in [2.05, 4.69) is 11.8 Å². The summed E-state index contributed by atoms with van der Waals surface area (Å²) in [5.41, 5.74) is 2.34. The molecule has 2 heterocycles. The normalized spacial score (nSPS) is 34.5. The lowest BCUT2D eigenvalue weighted by molar-refractivity contribution is -0.0696. The Hall–Kier alpha value is -0.980. The first-order chi connectivity index (χ1) is 11.9. The Kier molecular flexibility index (Phi) is 4.78. The molecule has 12 nitrogen and oxygen atoms in total. The summed E-state index contributed by atoms with van der Waals surface area (Å²) >= 11 is 4.69. The highest BCUT2D eigenvalue weighted by atomic mass is 32.5. The van der Waals surface area contributed by atoms with Crippen LogP contribution in [0.4, 0.5) is 0 Å². The van der Waals surface area contributed by atoms with E-state index < -0.39 is 49.5 Å². The molecular formula is C11H15N3O9P2S. The third-order valence-electron chi connectivity index (χ3n) is 3.97. The number of methoxy groups -OCH3 is 1. The van der Waals surface area contributed by atoms with Crippen LogP contribution in [0.15, 0.2) is 33.2 Å². The first kappa shape index (κ1) is 19.8. The minimum absolute atomic E-state index is 0.000122. The molecule has 0 radical (unpaired) electrons. The fourth-order valence-electron chi connectivity index (χ4n) is 3.08. The summed E-state index contributed by atoms with van der Waals surface area (Å²) in [7, 11) is -3.36. The SMILES string of the molecule is CO[C@H]1[C@H](n2ccc(=O)[nH]c2=O)O[C@@H]2/C(=C/P(=O)(O)O)[C@@]21OP(N)(O)=S. The lowest BCUT2D eigenvalue weighted by Gasteiger charge is -2.28. The van der Waals surface area contributed by atoms with Gasteiger partial charge in [0.15, 0.2) is 11.8 Å². The van der Waals surface area contributed by atoms with Crippen LogP contribution in [0, 0.1) is 0 Å². The number of hydrogen-bond donors (Lipinski definition) is 5. The summed E-state index contributed by atoms with van der Waals surface area (Å²) < 4.78 is 28.6. The molecule has 1 aliphatic heterocycles. The number of aromatic amines is 1. The van der Waals surface area contributed by atoms with E-state index in [-0.39, 0.29) is 5.57 Å². The van der Waals surface area contributed by atoms with Gasteiger partial charge in [0.25, 0.3) is 12.2 Å². The van der Waals surface area contributed by atoms with Gasteiger partial charge in [-0.1, -0.05) is 0 Å². The van der Waals surface area contributed by atoms with Gasteiger partial charge in [-0.15, -0.1) is 0 Å². The molecule has 0 spiro atoms. The number of nitrogens with zero attached hydrogens (tertiary/aromatic N) is 1. The van der Waals surface area contributed by atoms with Crippen molar-refractivity contribution in [2.45, 2.75) is 24.0 Å². The number of aromatic nitrogens is 2. The van der Waals surface area contributed by atoms with E-state index in [9.17, 15) is 28.8 Å². The zero-order valence-corrected chi connectivity index (χ0v) is 15.7. The Bertz CT molecular complexity index is 978. The number of nitrogens with one attached hydrogen (secondary N) is 1. The molecular weight excluding hydrogens is 412 g/mol. The van der Waals surface area contributed by atoms with Crippen molar-refractivity contribution in [2.75, 3.05) is 7.11 Å². The Labute approximate surface area is 150 Å².